The van der Waals surface area contributed by atoms with Crippen LogP contribution in [0.25, 0.3) is 11.1 Å². The van der Waals surface area contributed by atoms with E-state index >= 15 is 0 Å². The Morgan fingerprint density at radius 2 is 1.94 bits per heavy atom. The molecule has 0 saturated carbocycles. The fourth-order valence-corrected chi connectivity index (χ4v) is 5.23. The van der Waals surface area contributed by atoms with Gasteiger partial charge in [-0.15, -0.1) is 11.3 Å². The molecule has 0 N–H and O–H groups in total. The van der Waals surface area contributed by atoms with Crippen molar-refractivity contribution in [1.82, 2.24) is 9.88 Å². The average molecular weight is 513 g/mol. The number of hydrogen-bond acceptors (Lipinski definition) is 5. The number of piperazine rings is 1. The highest BCUT2D eigenvalue weighted by atomic mass is 32.1. The van der Waals surface area contributed by atoms with Crippen LogP contribution in [0.1, 0.15) is 48.4 Å². The fraction of sp³-hybridized carbons (Fsp3) is 0.370. The highest BCUT2D eigenvalue weighted by Crippen LogP contribution is 2.35. The number of carbonyl (C=O) groups is 1. The summed E-state index contributed by atoms with van der Waals surface area (Å²) in [6, 6.07) is 12.7. The van der Waals surface area contributed by atoms with Crippen molar-refractivity contribution in [2.24, 2.45) is 0 Å². The summed E-state index contributed by atoms with van der Waals surface area (Å²) in [5.74, 6) is 0.618. The molecule has 1 fully saturated rings. The summed E-state index contributed by atoms with van der Waals surface area (Å²) in [7, 11) is 0. The number of anilines is 1. The molecule has 0 radical (unpaired) electrons. The SMILES string of the molecule is CC(C)c1nc(N2CCN(C(=O)Cc3cccs3)C(C)C2)c(C#N)cc1-c1ccc(C(F)(F)F)cc1. The first-order valence-electron chi connectivity index (χ1n) is 11.8. The van der Waals surface area contributed by atoms with Gasteiger partial charge in [0.05, 0.1) is 23.2 Å². The van der Waals surface area contributed by atoms with Gasteiger partial charge in [-0.05, 0) is 48.1 Å². The molecule has 36 heavy (non-hydrogen) atoms. The number of thiophene rings is 1. The molecule has 4 rings (SSSR count). The Morgan fingerprint density at radius 3 is 2.50 bits per heavy atom. The predicted molar refractivity (Wildman–Crippen MR) is 135 cm³/mol. The topological polar surface area (TPSA) is 60.2 Å². The molecule has 3 aromatic rings. The Morgan fingerprint density at radius 1 is 1.22 bits per heavy atom. The second kappa shape index (κ2) is 10.3. The van der Waals surface area contributed by atoms with E-state index in [2.05, 4.69) is 6.07 Å². The molecule has 0 bridgehead atoms. The van der Waals surface area contributed by atoms with Crippen molar-refractivity contribution in [2.45, 2.75) is 45.3 Å². The minimum Gasteiger partial charge on any atom is -0.352 e. The Kier molecular flexibility index (Phi) is 7.36. The monoisotopic (exact) mass is 512 g/mol. The number of rotatable bonds is 5. The summed E-state index contributed by atoms with van der Waals surface area (Å²) in [5, 5.41) is 11.9. The number of nitriles is 1. The van der Waals surface area contributed by atoms with Crippen molar-refractivity contribution in [1.29, 1.82) is 5.26 Å². The number of pyridine rings is 1. The zero-order valence-electron chi connectivity index (χ0n) is 20.3. The van der Waals surface area contributed by atoms with Crippen LogP contribution in [-0.2, 0) is 17.4 Å². The molecule has 1 amide bonds. The molecule has 188 valence electrons. The van der Waals surface area contributed by atoms with E-state index in [1.54, 1.807) is 17.4 Å². The first kappa shape index (κ1) is 25.7. The lowest BCUT2D eigenvalue weighted by Gasteiger charge is -2.41. The molecule has 1 saturated heterocycles. The summed E-state index contributed by atoms with van der Waals surface area (Å²) >= 11 is 1.56. The van der Waals surface area contributed by atoms with E-state index in [1.165, 1.54) is 12.1 Å². The zero-order valence-corrected chi connectivity index (χ0v) is 21.2. The molecule has 1 atom stereocenters. The number of hydrogen-bond donors (Lipinski definition) is 0. The van der Waals surface area contributed by atoms with Crippen LogP contribution < -0.4 is 4.90 Å². The molecule has 3 heterocycles. The van der Waals surface area contributed by atoms with Crippen molar-refractivity contribution < 1.29 is 18.0 Å². The lowest BCUT2D eigenvalue weighted by molar-refractivity contribution is -0.137. The highest BCUT2D eigenvalue weighted by molar-refractivity contribution is 7.10. The number of nitrogens with zero attached hydrogens (tertiary/aromatic N) is 4. The van der Waals surface area contributed by atoms with Gasteiger partial charge in [0, 0.05) is 36.1 Å². The Labute approximate surface area is 212 Å². The molecule has 9 heteroatoms. The van der Waals surface area contributed by atoms with E-state index in [-0.39, 0.29) is 17.9 Å². The molecular weight excluding hydrogens is 485 g/mol. The second-order valence-electron chi connectivity index (χ2n) is 9.27. The van der Waals surface area contributed by atoms with Gasteiger partial charge >= 0.3 is 6.18 Å². The van der Waals surface area contributed by atoms with Gasteiger partial charge < -0.3 is 9.80 Å². The molecule has 1 unspecified atom stereocenters. The van der Waals surface area contributed by atoms with E-state index in [9.17, 15) is 23.2 Å². The zero-order chi connectivity index (χ0) is 26.0. The quantitative estimate of drug-likeness (QED) is 0.414. The largest absolute Gasteiger partial charge is 0.416 e. The maximum Gasteiger partial charge on any atom is 0.416 e. The molecule has 1 aliphatic rings. The maximum absolute atomic E-state index is 13.0. The molecule has 0 aliphatic carbocycles. The van der Waals surface area contributed by atoms with E-state index in [1.807, 2.05) is 48.1 Å². The summed E-state index contributed by atoms with van der Waals surface area (Å²) in [4.78, 5) is 22.6. The Bertz CT molecular complexity index is 1260. The van der Waals surface area contributed by atoms with Crippen LogP contribution in [0.5, 0.6) is 0 Å². The van der Waals surface area contributed by atoms with E-state index in [4.69, 9.17) is 4.98 Å². The minimum absolute atomic E-state index is 0.0140. The number of benzene rings is 1. The third kappa shape index (κ3) is 5.39. The standard InChI is InChI=1S/C27H27F3N4OS/c1-17(2)25-23(19-6-8-21(9-7-19)27(28,29)30)13-20(15-31)26(32-25)33-10-11-34(18(3)16-33)24(35)14-22-5-4-12-36-22/h4-9,12-13,17-18H,10-11,14,16H2,1-3H3. The van der Waals surface area contributed by atoms with Crippen LogP contribution in [0, 0.1) is 11.3 Å². The molecular formula is C27H27F3N4OS. The van der Waals surface area contributed by atoms with Gasteiger partial charge in [-0.2, -0.15) is 18.4 Å². The van der Waals surface area contributed by atoms with Gasteiger partial charge in [0.2, 0.25) is 5.91 Å². The normalized spacial score (nSPS) is 16.3. The number of alkyl halides is 3. The van der Waals surface area contributed by atoms with Gasteiger partial charge in [0.25, 0.3) is 0 Å². The van der Waals surface area contributed by atoms with Gasteiger partial charge in [0.15, 0.2) is 0 Å². The number of amides is 1. The van der Waals surface area contributed by atoms with Crippen LogP contribution >= 0.6 is 11.3 Å². The van der Waals surface area contributed by atoms with Crippen LogP contribution in [-0.4, -0.2) is 41.5 Å². The number of carbonyl (C=O) groups excluding carboxylic acids is 1. The highest BCUT2D eigenvalue weighted by Gasteiger charge is 2.31. The van der Waals surface area contributed by atoms with E-state index in [0.29, 0.717) is 54.3 Å². The van der Waals surface area contributed by atoms with Crippen LogP contribution in [0.4, 0.5) is 19.0 Å². The van der Waals surface area contributed by atoms with E-state index < -0.39 is 11.7 Å². The van der Waals surface area contributed by atoms with Gasteiger partial charge in [-0.1, -0.05) is 32.0 Å². The van der Waals surface area contributed by atoms with Crippen LogP contribution in [0.15, 0.2) is 47.8 Å². The summed E-state index contributed by atoms with van der Waals surface area (Å²) in [5.41, 5.74) is 1.59. The van der Waals surface area contributed by atoms with Crippen molar-refractivity contribution in [3.63, 3.8) is 0 Å². The lowest BCUT2D eigenvalue weighted by Crippen LogP contribution is -2.54. The second-order valence-corrected chi connectivity index (χ2v) is 10.3. The van der Waals surface area contributed by atoms with Gasteiger partial charge in [0.1, 0.15) is 11.9 Å². The summed E-state index contributed by atoms with van der Waals surface area (Å²) in [6.45, 7) is 7.53. The number of aromatic nitrogens is 1. The predicted octanol–water partition coefficient (Wildman–Crippen LogP) is 6.10. The molecule has 0 spiro atoms. The van der Waals surface area contributed by atoms with Crippen molar-refractivity contribution in [3.8, 4) is 17.2 Å². The maximum atomic E-state index is 13.0. The minimum atomic E-state index is -4.41. The molecule has 5 nitrogen and oxygen atoms in total. The first-order valence-corrected chi connectivity index (χ1v) is 12.7. The Hall–Kier alpha value is -3.38. The van der Waals surface area contributed by atoms with Crippen molar-refractivity contribution in [3.05, 3.63) is 69.5 Å². The van der Waals surface area contributed by atoms with Crippen LogP contribution in [0.2, 0.25) is 0 Å². The first-order chi connectivity index (χ1) is 17.1. The van der Waals surface area contributed by atoms with Crippen molar-refractivity contribution >= 4 is 23.1 Å². The van der Waals surface area contributed by atoms with E-state index in [0.717, 1.165) is 17.0 Å². The fourth-order valence-electron chi connectivity index (χ4n) is 4.54. The van der Waals surface area contributed by atoms with Gasteiger partial charge in [-0.25, -0.2) is 4.98 Å². The van der Waals surface area contributed by atoms with Crippen molar-refractivity contribution in [2.75, 3.05) is 24.5 Å². The van der Waals surface area contributed by atoms with Gasteiger partial charge in [-0.3, -0.25) is 4.79 Å². The summed E-state index contributed by atoms with van der Waals surface area (Å²) in [6.07, 6.45) is -4.04. The molecule has 1 aliphatic heterocycles. The summed E-state index contributed by atoms with van der Waals surface area (Å²) < 4.78 is 39.1. The third-order valence-corrected chi connectivity index (χ3v) is 7.25. The van der Waals surface area contributed by atoms with Crippen LogP contribution in [0.3, 0.4) is 0 Å². The third-order valence-electron chi connectivity index (χ3n) is 6.38. The molecule has 2 aromatic heterocycles. The number of halogens is 3. The average Bonchev–Trinajstić information content (AvgIpc) is 3.35. The smallest absolute Gasteiger partial charge is 0.352 e. The lowest BCUT2D eigenvalue weighted by atomic mass is 9.95. The molecule has 1 aromatic carbocycles. The Balaban J connectivity index is 1.60.